The summed E-state index contributed by atoms with van der Waals surface area (Å²) < 4.78 is 5.67. The van der Waals surface area contributed by atoms with Gasteiger partial charge < -0.3 is 9.84 Å². The lowest BCUT2D eigenvalue weighted by Gasteiger charge is -2.14. The molecule has 0 saturated carbocycles. The molecule has 4 nitrogen and oxygen atoms in total. The molecular formula is C24H36N2O2. The molecule has 4 heteroatoms. The zero-order chi connectivity index (χ0) is 20.2. The summed E-state index contributed by atoms with van der Waals surface area (Å²) in [5.41, 5.74) is 2.18. The van der Waals surface area contributed by atoms with E-state index in [1.165, 1.54) is 44.1 Å². The molecule has 0 unspecified atom stereocenters. The van der Waals surface area contributed by atoms with Crippen molar-refractivity contribution in [2.75, 3.05) is 6.61 Å². The van der Waals surface area contributed by atoms with Crippen LogP contribution in [0.2, 0.25) is 0 Å². The quantitative estimate of drug-likeness (QED) is 0.441. The van der Waals surface area contributed by atoms with Crippen LogP contribution in [-0.2, 0) is 6.42 Å². The van der Waals surface area contributed by atoms with Crippen molar-refractivity contribution in [1.29, 1.82) is 0 Å². The van der Waals surface area contributed by atoms with Gasteiger partial charge >= 0.3 is 0 Å². The number of hydrogen-bond donors (Lipinski definition) is 1. The van der Waals surface area contributed by atoms with E-state index < -0.39 is 6.10 Å². The van der Waals surface area contributed by atoms with Crippen LogP contribution in [0.3, 0.4) is 0 Å². The Morgan fingerprint density at radius 3 is 2.21 bits per heavy atom. The number of nitrogens with zero attached hydrogens (tertiary/aromatic N) is 2. The Morgan fingerprint density at radius 2 is 1.57 bits per heavy atom. The van der Waals surface area contributed by atoms with Crippen LogP contribution >= 0.6 is 0 Å². The maximum absolute atomic E-state index is 9.91. The van der Waals surface area contributed by atoms with Gasteiger partial charge in [0, 0.05) is 18.0 Å². The second-order valence-electron chi connectivity index (χ2n) is 8.05. The fraction of sp³-hybridized carbons (Fsp3) is 0.583. The molecule has 0 aliphatic rings. The zero-order valence-electron chi connectivity index (χ0n) is 17.7. The number of aliphatic hydroxyl groups excluding tert-OH is 1. The SMILES string of the molecule is CCCCCCCCc1cnc(-c2ccc(OC[C@@H](O)CC(C)C)cc2)nc1. The third kappa shape index (κ3) is 8.39. The van der Waals surface area contributed by atoms with Gasteiger partial charge in [0.2, 0.25) is 0 Å². The summed E-state index contributed by atoms with van der Waals surface area (Å²) in [6.45, 7) is 6.76. The molecule has 1 N–H and O–H groups in total. The smallest absolute Gasteiger partial charge is 0.159 e. The van der Waals surface area contributed by atoms with Gasteiger partial charge in [-0.25, -0.2) is 9.97 Å². The van der Waals surface area contributed by atoms with Crippen molar-refractivity contribution in [3.8, 4) is 17.1 Å². The van der Waals surface area contributed by atoms with Crippen molar-refractivity contribution < 1.29 is 9.84 Å². The van der Waals surface area contributed by atoms with E-state index in [9.17, 15) is 5.11 Å². The van der Waals surface area contributed by atoms with Crippen LogP contribution in [0.25, 0.3) is 11.4 Å². The highest BCUT2D eigenvalue weighted by molar-refractivity contribution is 5.55. The first-order valence-corrected chi connectivity index (χ1v) is 10.8. The van der Waals surface area contributed by atoms with Crippen molar-refractivity contribution in [3.05, 3.63) is 42.2 Å². The highest BCUT2D eigenvalue weighted by atomic mass is 16.5. The zero-order valence-corrected chi connectivity index (χ0v) is 17.7. The van der Waals surface area contributed by atoms with E-state index in [0.29, 0.717) is 12.5 Å². The molecule has 154 valence electrons. The summed E-state index contributed by atoms with van der Waals surface area (Å²) >= 11 is 0. The van der Waals surface area contributed by atoms with Gasteiger partial charge in [-0.05, 0) is 55.0 Å². The summed E-state index contributed by atoms with van der Waals surface area (Å²) in [5.74, 6) is 1.95. The average molecular weight is 385 g/mol. The number of ether oxygens (including phenoxy) is 1. The molecule has 0 bridgehead atoms. The minimum Gasteiger partial charge on any atom is -0.491 e. The number of hydrogen-bond acceptors (Lipinski definition) is 4. The fourth-order valence-corrected chi connectivity index (χ4v) is 3.25. The van der Waals surface area contributed by atoms with E-state index in [4.69, 9.17) is 4.74 Å². The van der Waals surface area contributed by atoms with E-state index in [1.54, 1.807) is 0 Å². The van der Waals surface area contributed by atoms with Crippen LogP contribution in [0.5, 0.6) is 5.75 Å². The highest BCUT2D eigenvalue weighted by Crippen LogP contribution is 2.20. The lowest BCUT2D eigenvalue weighted by Crippen LogP contribution is -2.19. The summed E-state index contributed by atoms with van der Waals surface area (Å²) in [6, 6.07) is 7.75. The van der Waals surface area contributed by atoms with Gasteiger partial charge in [-0.15, -0.1) is 0 Å². The molecule has 0 saturated heterocycles. The van der Waals surface area contributed by atoms with E-state index in [0.717, 1.165) is 30.0 Å². The summed E-state index contributed by atoms with van der Waals surface area (Å²) in [6.07, 6.45) is 13.1. The fourth-order valence-electron chi connectivity index (χ4n) is 3.25. The predicted octanol–water partition coefficient (Wildman–Crippen LogP) is 5.83. The van der Waals surface area contributed by atoms with E-state index in [-0.39, 0.29) is 0 Å². The second kappa shape index (κ2) is 12.5. The standard InChI is InChI=1S/C24H36N2O2/c1-4-5-6-7-8-9-10-20-16-25-24(26-17-20)21-11-13-23(14-12-21)28-18-22(27)15-19(2)3/h11-14,16-17,19,22,27H,4-10,15,18H2,1-3H3/t22-/m0/s1. The lowest BCUT2D eigenvalue weighted by molar-refractivity contribution is 0.0893. The molecule has 0 amide bonds. The Labute approximate surface area is 170 Å². The van der Waals surface area contributed by atoms with Crippen LogP contribution in [0.15, 0.2) is 36.7 Å². The molecule has 0 fully saturated rings. The maximum atomic E-state index is 9.91. The van der Waals surface area contributed by atoms with E-state index in [1.807, 2.05) is 36.7 Å². The number of aliphatic hydroxyl groups is 1. The summed E-state index contributed by atoms with van der Waals surface area (Å²) in [4.78, 5) is 9.04. The number of aryl methyl sites for hydroxylation is 1. The molecule has 28 heavy (non-hydrogen) atoms. The molecule has 2 aromatic rings. The third-order valence-corrected chi connectivity index (χ3v) is 4.82. The number of rotatable bonds is 13. The van der Waals surface area contributed by atoms with Gasteiger partial charge in [0.15, 0.2) is 5.82 Å². The first-order chi connectivity index (χ1) is 13.6. The minimum absolute atomic E-state index is 0.321. The van der Waals surface area contributed by atoms with Gasteiger partial charge in [0.25, 0.3) is 0 Å². The lowest BCUT2D eigenvalue weighted by atomic mass is 10.1. The first kappa shape index (κ1) is 22.4. The molecule has 0 radical (unpaired) electrons. The minimum atomic E-state index is -0.429. The van der Waals surface area contributed by atoms with Crippen LogP contribution in [0, 0.1) is 5.92 Å². The van der Waals surface area contributed by atoms with Gasteiger partial charge in [0.1, 0.15) is 12.4 Å². The largest absolute Gasteiger partial charge is 0.491 e. The van der Waals surface area contributed by atoms with Gasteiger partial charge in [0.05, 0.1) is 6.10 Å². The maximum Gasteiger partial charge on any atom is 0.159 e. The second-order valence-corrected chi connectivity index (χ2v) is 8.05. The van der Waals surface area contributed by atoms with E-state index >= 15 is 0 Å². The monoisotopic (exact) mass is 384 g/mol. The number of benzene rings is 1. The Hall–Kier alpha value is -1.94. The van der Waals surface area contributed by atoms with Crippen molar-refractivity contribution >= 4 is 0 Å². The normalized spacial score (nSPS) is 12.3. The van der Waals surface area contributed by atoms with Crippen molar-refractivity contribution in [1.82, 2.24) is 9.97 Å². The molecule has 2 rings (SSSR count). The Bertz CT molecular complexity index is 653. The molecule has 1 atom stereocenters. The molecule has 0 spiro atoms. The van der Waals surface area contributed by atoms with Crippen LogP contribution in [0.4, 0.5) is 0 Å². The van der Waals surface area contributed by atoms with Crippen molar-refractivity contribution in [2.24, 2.45) is 5.92 Å². The molecule has 0 aliphatic carbocycles. The van der Waals surface area contributed by atoms with Gasteiger partial charge in [-0.3, -0.25) is 0 Å². The summed E-state index contributed by atoms with van der Waals surface area (Å²) in [5, 5.41) is 9.91. The van der Waals surface area contributed by atoms with Crippen LogP contribution in [0.1, 0.15) is 71.3 Å². The first-order valence-electron chi connectivity index (χ1n) is 10.8. The number of aromatic nitrogens is 2. The molecule has 0 aliphatic heterocycles. The third-order valence-electron chi connectivity index (χ3n) is 4.82. The van der Waals surface area contributed by atoms with Gasteiger partial charge in [-0.1, -0.05) is 52.9 Å². The molecule has 1 heterocycles. The topological polar surface area (TPSA) is 55.2 Å². The molecular weight excluding hydrogens is 348 g/mol. The van der Waals surface area contributed by atoms with Gasteiger partial charge in [-0.2, -0.15) is 0 Å². The molecule has 1 aromatic heterocycles. The van der Waals surface area contributed by atoms with Crippen LogP contribution < -0.4 is 4.74 Å². The predicted molar refractivity (Wildman–Crippen MR) is 116 cm³/mol. The highest BCUT2D eigenvalue weighted by Gasteiger charge is 2.08. The van der Waals surface area contributed by atoms with Crippen LogP contribution in [-0.4, -0.2) is 27.8 Å². The number of unbranched alkanes of at least 4 members (excludes halogenated alkanes) is 5. The average Bonchev–Trinajstić information content (AvgIpc) is 2.69. The van der Waals surface area contributed by atoms with Crippen molar-refractivity contribution in [2.45, 2.75) is 78.2 Å². The Kier molecular flexibility index (Phi) is 9.98. The Balaban J connectivity index is 1.78. The molecule has 1 aromatic carbocycles. The van der Waals surface area contributed by atoms with E-state index in [2.05, 4.69) is 30.7 Å². The summed E-state index contributed by atoms with van der Waals surface area (Å²) in [7, 11) is 0. The van der Waals surface area contributed by atoms with Crippen molar-refractivity contribution in [3.63, 3.8) is 0 Å². The Morgan fingerprint density at radius 1 is 0.929 bits per heavy atom.